The highest BCUT2D eigenvalue weighted by Crippen LogP contribution is 2.14. The number of halogens is 1. The molecule has 0 fully saturated rings. The van der Waals surface area contributed by atoms with Crippen LogP contribution in [0.3, 0.4) is 0 Å². The summed E-state index contributed by atoms with van der Waals surface area (Å²) < 4.78 is 14.2. The van der Waals surface area contributed by atoms with Crippen molar-refractivity contribution in [3.63, 3.8) is 0 Å². The highest BCUT2D eigenvalue weighted by molar-refractivity contribution is 5.52. The molecule has 0 spiro atoms. The minimum atomic E-state index is -0.247. The van der Waals surface area contributed by atoms with Gasteiger partial charge in [0.05, 0.1) is 0 Å². The van der Waals surface area contributed by atoms with Gasteiger partial charge >= 0.3 is 0 Å². The number of aromatic nitrogens is 2. The van der Waals surface area contributed by atoms with Crippen LogP contribution in [0, 0.1) is 5.82 Å². The molecule has 2 aromatic heterocycles. The Morgan fingerprint density at radius 3 is 2.68 bits per heavy atom. The number of fused-ring (bicyclic) bond motifs is 1. The van der Waals surface area contributed by atoms with Crippen molar-refractivity contribution < 1.29 is 9.50 Å². The van der Waals surface area contributed by atoms with Gasteiger partial charge in [0, 0.05) is 18.0 Å². The number of hydrogen-bond donors (Lipinski definition) is 1. The molecule has 3 aromatic rings. The number of aromatic hydroxyl groups is 1. The lowest BCUT2D eigenvalue weighted by molar-refractivity contribution is 0.476. The lowest BCUT2D eigenvalue weighted by Crippen LogP contribution is -2.15. The second-order valence-corrected chi connectivity index (χ2v) is 5.15. The van der Waals surface area contributed by atoms with E-state index in [0.29, 0.717) is 12.1 Å². The molecule has 5 heteroatoms. The van der Waals surface area contributed by atoms with Crippen LogP contribution in [-0.2, 0) is 12.8 Å². The first kappa shape index (κ1) is 14.3. The molecule has 22 heavy (non-hydrogen) atoms. The third kappa shape index (κ3) is 2.98. The van der Waals surface area contributed by atoms with E-state index in [1.54, 1.807) is 24.4 Å². The van der Waals surface area contributed by atoms with Gasteiger partial charge in [-0.25, -0.2) is 9.37 Å². The zero-order valence-corrected chi connectivity index (χ0v) is 11.9. The van der Waals surface area contributed by atoms with Crippen molar-refractivity contribution in [2.45, 2.75) is 19.3 Å². The molecule has 0 amide bonds. The van der Waals surface area contributed by atoms with Crippen molar-refractivity contribution in [2.75, 3.05) is 0 Å². The van der Waals surface area contributed by atoms with Crippen molar-refractivity contribution in [3.8, 4) is 5.75 Å². The summed E-state index contributed by atoms with van der Waals surface area (Å²) in [4.78, 5) is 16.3. The van der Waals surface area contributed by atoms with E-state index in [1.807, 2.05) is 0 Å². The summed E-state index contributed by atoms with van der Waals surface area (Å²) in [6.07, 6.45) is 3.77. The second kappa shape index (κ2) is 5.97. The van der Waals surface area contributed by atoms with Crippen molar-refractivity contribution in [1.82, 2.24) is 9.38 Å². The molecule has 4 nitrogen and oxygen atoms in total. The van der Waals surface area contributed by atoms with Crippen molar-refractivity contribution in [1.29, 1.82) is 0 Å². The normalized spacial score (nSPS) is 11.0. The number of hydrogen-bond acceptors (Lipinski definition) is 3. The minimum Gasteiger partial charge on any atom is -0.504 e. The molecule has 0 aliphatic carbocycles. The van der Waals surface area contributed by atoms with Crippen molar-refractivity contribution in [3.05, 3.63) is 76.1 Å². The number of rotatable bonds is 4. The largest absolute Gasteiger partial charge is 0.504 e. The lowest BCUT2D eigenvalue weighted by atomic mass is 10.1. The Balaban J connectivity index is 1.75. The topological polar surface area (TPSA) is 54.6 Å². The van der Waals surface area contributed by atoms with Crippen LogP contribution >= 0.6 is 0 Å². The molecule has 1 aromatic carbocycles. The maximum Gasteiger partial charge on any atom is 0.258 e. The second-order valence-electron chi connectivity index (χ2n) is 5.15. The minimum absolute atomic E-state index is 0.0139. The number of benzene rings is 1. The average Bonchev–Trinajstić information content (AvgIpc) is 2.50. The fourth-order valence-electron chi connectivity index (χ4n) is 2.41. The summed E-state index contributed by atoms with van der Waals surface area (Å²) in [5.41, 5.74) is 1.75. The van der Waals surface area contributed by atoms with Crippen molar-refractivity contribution in [2.24, 2.45) is 0 Å². The van der Waals surface area contributed by atoms with Crippen LogP contribution in [0.4, 0.5) is 4.39 Å². The maximum atomic E-state index is 12.8. The molecule has 0 bridgehead atoms. The Labute approximate surface area is 126 Å². The van der Waals surface area contributed by atoms with Gasteiger partial charge in [-0.1, -0.05) is 12.1 Å². The van der Waals surface area contributed by atoms with Crippen LogP contribution in [0.2, 0.25) is 0 Å². The van der Waals surface area contributed by atoms with Crippen LogP contribution in [0.15, 0.2) is 53.5 Å². The van der Waals surface area contributed by atoms with E-state index in [1.165, 1.54) is 28.7 Å². The Hall–Kier alpha value is -2.69. The highest BCUT2D eigenvalue weighted by Gasteiger charge is 2.06. The molecule has 0 radical (unpaired) electrons. The fraction of sp³-hybridized carbons (Fsp3) is 0.176. The zero-order chi connectivity index (χ0) is 15.5. The summed E-state index contributed by atoms with van der Waals surface area (Å²) >= 11 is 0. The first-order valence-electron chi connectivity index (χ1n) is 7.08. The summed E-state index contributed by atoms with van der Waals surface area (Å²) in [5, 5.41) is 9.79. The third-order valence-electron chi connectivity index (χ3n) is 3.54. The van der Waals surface area contributed by atoms with Gasteiger partial charge in [-0.3, -0.25) is 9.20 Å². The van der Waals surface area contributed by atoms with Gasteiger partial charge < -0.3 is 5.11 Å². The first-order valence-corrected chi connectivity index (χ1v) is 7.08. The van der Waals surface area contributed by atoms with Crippen LogP contribution in [0.5, 0.6) is 5.75 Å². The number of aryl methyl sites for hydroxylation is 2. The lowest BCUT2D eigenvalue weighted by Gasteiger charge is -2.05. The van der Waals surface area contributed by atoms with Crippen LogP contribution in [0.25, 0.3) is 5.65 Å². The van der Waals surface area contributed by atoms with E-state index in [2.05, 4.69) is 4.98 Å². The predicted molar refractivity (Wildman–Crippen MR) is 81.6 cm³/mol. The van der Waals surface area contributed by atoms with E-state index in [9.17, 15) is 14.3 Å². The van der Waals surface area contributed by atoms with E-state index >= 15 is 0 Å². The molecular formula is C17H15FN2O2. The summed E-state index contributed by atoms with van der Waals surface area (Å²) in [6.45, 7) is 0. The SMILES string of the molecule is O=c1cc(CCCc2ccc(F)cc2)nc2c(O)cccn12. The molecule has 112 valence electrons. The van der Waals surface area contributed by atoms with E-state index < -0.39 is 0 Å². The Bertz CT molecular complexity index is 857. The number of pyridine rings is 1. The fourth-order valence-corrected chi connectivity index (χ4v) is 2.41. The van der Waals surface area contributed by atoms with Gasteiger partial charge in [-0.2, -0.15) is 0 Å². The van der Waals surface area contributed by atoms with Gasteiger partial charge in [0.25, 0.3) is 5.56 Å². The van der Waals surface area contributed by atoms with Crippen LogP contribution in [0.1, 0.15) is 17.7 Å². The van der Waals surface area contributed by atoms with Gasteiger partial charge in [-0.05, 0) is 49.1 Å². The van der Waals surface area contributed by atoms with E-state index in [0.717, 1.165) is 18.4 Å². The molecule has 0 aliphatic heterocycles. The Kier molecular flexibility index (Phi) is 3.87. The Morgan fingerprint density at radius 2 is 1.91 bits per heavy atom. The molecule has 3 rings (SSSR count). The maximum absolute atomic E-state index is 12.8. The van der Waals surface area contributed by atoms with E-state index in [4.69, 9.17) is 0 Å². The van der Waals surface area contributed by atoms with Gasteiger partial charge in [0.2, 0.25) is 0 Å². The third-order valence-corrected chi connectivity index (χ3v) is 3.54. The Morgan fingerprint density at radius 1 is 1.14 bits per heavy atom. The molecule has 0 atom stereocenters. The van der Waals surface area contributed by atoms with Gasteiger partial charge in [-0.15, -0.1) is 0 Å². The quantitative estimate of drug-likeness (QED) is 0.805. The predicted octanol–water partition coefficient (Wildman–Crippen LogP) is 2.71. The first-order chi connectivity index (χ1) is 10.6. The molecule has 0 unspecified atom stereocenters. The molecule has 0 aliphatic rings. The molecule has 1 N–H and O–H groups in total. The summed E-state index contributed by atoms with van der Waals surface area (Å²) in [5.74, 6) is -0.261. The molecular weight excluding hydrogens is 283 g/mol. The summed E-state index contributed by atoms with van der Waals surface area (Å²) in [6, 6.07) is 11.0. The molecule has 0 saturated heterocycles. The standard InChI is InChI=1S/C17H15FN2O2/c18-13-8-6-12(7-9-13)3-1-4-14-11-16(22)20-10-2-5-15(21)17(20)19-14/h2,5-11,21H,1,3-4H2. The smallest absolute Gasteiger partial charge is 0.258 e. The van der Waals surface area contributed by atoms with Gasteiger partial charge in [0.1, 0.15) is 5.82 Å². The van der Waals surface area contributed by atoms with E-state index in [-0.39, 0.29) is 22.8 Å². The zero-order valence-electron chi connectivity index (χ0n) is 11.9. The monoisotopic (exact) mass is 298 g/mol. The van der Waals surface area contributed by atoms with Gasteiger partial charge in [0.15, 0.2) is 11.4 Å². The molecule has 0 saturated carbocycles. The van der Waals surface area contributed by atoms with Crippen molar-refractivity contribution >= 4 is 5.65 Å². The number of nitrogens with zero attached hydrogens (tertiary/aromatic N) is 2. The highest BCUT2D eigenvalue weighted by atomic mass is 19.1. The summed E-state index contributed by atoms with van der Waals surface area (Å²) in [7, 11) is 0. The molecule has 2 heterocycles. The van der Waals surface area contributed by atoms with Crippen LogP contribution in [-0.4, -0.2) is 14.5 Å². The van der Waals surface area contributed by atoms with Crippen LogP contribution < -0.4 is 5.56 Å². The average molecular weight is 298 g/mol.